The molecule has 28 heavy (non-hydrogen) atoms. The summed E-state index contributed by atoms with van der Waals surface area (Å²) < 4.78 is 10.2. The van der Waals surface area contributed by atoms with E-state index in [4.69, 9.17) is 9.47 Å². The molecular formula is C20H20N2O6. The molecule has 0 spiro atoms. The number of ether oxygens (including phenoxy) is 2. The van der Waals surface area contributed by atoms with Crippen LogP contribution in [0.2, 0.25) is 0 Å². The van der Waals surface area contributed by atoms with Crippen molar-refractivity contribution in [2.45, 2.75) is 26.0 Å². The molecule has 1 aliphatic heterocycles. The number of esters is 1. The summed E-state index contributed by atoms with van der Waals surface area (Å²) in [4.78, 5) is 37.1. The summed E-state index contributed by atoms with van der Waals surface area (Å²) in [5, 5.41) is 11.1. The third kappa shape index (κ3) is 3.95. The number of methoxy groups -OCH3 is 1. The fraction of sp³-hybridized carbons (Fsp3) is 0.300. The number of fused-ring (bicyclic) bond motifs is 1. The van der Waals surface area contributed by atoms with E-state index in [1.54, 1.807) is 4.90 Å². The molecule has 0 aliphatic carbocycles. The standard InChI is InChI=1S/C20H20N2O6/c1-13(19(23)21-10-9-14-5-3-4-6-16(14)12-21)28-20(24)15-7-8-18(27-2)17(11-15)22(25)26/h3-8,11,13H,9-10,12H2,1-2H3/t13-/m1/s1. The molecule has 2 aromatic carbocycles. The number of amides is 1. The quantitative estimate of drug-likeness (QED) is 0.446. The fourth-order valence-electron chi connectivity index (χ4n) is 3.18. The van der Waals surface area contributed by atoms with Crippen LogP contribution in [-0.2, 0) is 22.5 Å². The van der Waals surface area contributed by atoms with Crippen molar-refractivity contribution >= 4 is 17.6 Å². The molecule has 0 unspecified atom stereocenters. The Morgan fingerprint density at radius 2 is 1.89 bits per heavy atom. The monoisotopic (exact) mass is 384 g/mol. The lowest BCUT2D eigenvalue weighted by atomic mass is 9.99. The van der Waals surface area contributed by atoms with Gasteiger partial charge in [0.05, 0.1) is 17.6 Å². The van der Waals surface area contributed by atoms with E-state index in [0.717, 1.165) is 18.1 Å². The van der Waals surface area contributed by atoms with Crippen LogP contribution in [0.15, 0.2) is 42.5 Å². The molecule has 1 aliphatic rings. The van der Waals surface area contributed by atoms with Crippen LogP contribution in [0.5, 0.6) is 5.75 Å². The third-order valence-electron chi connectivity index (χ3n) is 4.69. The Labute approximate surface area is 161 Å². The predicted octanol–water partition coefficient (Wildman–Crippen LogP) is 2.73. The van der Waals surface area contributed by atoms with Crippen molar-refractivity contribution in [1.82, 2.24) is 4.90 Å². The van der Waals surface area contributed by atoms with Crippen LogP contribution in [0.3, 0.4) is 0 Å². The molecule has 1 heterocycles. The minimum Gasteiger partial charge on any atom is -0.490 e. The summed E-state index contributed by atoms with van der Waals surface area (Å²) in [5.41, 5.74) is 1.92. The molecule has 0 fully saturated rings. The van der Waals surface area contributed by atoms with Gasteiger partial charge in [-0.25, -0.2) is 4.79 Å². The van der Waals surface area contributed by atoms with Crippen molar-refractivity contribution in [3.8, 4) is 5.75 Å². The van der Waals surface area contributed by atoms with E-state index in [9.17, 15) is 19.7 Å². The van der Waals surface area contributed by atoms with E-state index in [2.05, 4.69) is 0 Å². The van der Waals surface area contributed by atoms with Gasteiger partial charge in [0.25, 0.3) is 5.91 Å². The van der Waals surface area contributed by atoms with Gasteiger partial charge >= 0.3 is 11.7 Å². The van der Waals surface area contributed by atoms with Gasteiger partial charge in [0.2, 0.25) is 0 Å². The zero-order valence-electron chi connectivity index (χ0n) is 15.6. The second-order valence-electron chi connectivity index (χ2n) is 6.47. The van der Waals surface area contributed by atoms with Crippen LogP contribution in [0.4, 0.5) is 5.69 Å². The summed E-state index contributed by atoms with van der Waals surface area (Å²) in [6, 6.07) is 11.7. The van der Waals surface area contributed by atoms with Crippen LogP contribution in [-0.4, -0.2) is 41.5 Å². The van der Waals surface area contributed by atoms with Gasteiger partial charge in [0, 0.05) is 19.2 Å². The molecular weight excluding hydrogens is 364 g/mol. The highest BCUT2D eigenvalue weighted by Gasteiger charge is 2.28. The first kappa shape index (κ1) is 19.3. The van der Waals surface area contributed by atoms with Crippen molar-refractivity contribution in [2.75, 3.05) is 13.7 Å². The minimum atomic E-state index is -1.00. The topological polar surface area (TPSA) is 99.0 Å². The summed E-state index contributed by atoms with van der Waals surface area (Å²) in [6.07, 6.45) is -0.258. The summed E-state index contributed by atoms with van der Waals surface area (Å²) >= 11 is 0. The molecule has 1 amide bonds. The average Bonchev–Trinajstić information content (AvgIpc) is 2.72. The van der Waals surface area contributed by atoms with E-state index in [1.807, 2.05) is 24.3 Å². The minimum absolute atomic E-state index is 0.0175. The van der Waals surface area contributed by atoms with Crippen molar-refractivity contribution in [2.24, 2.45) is 0 Å². The highest BCUT2D eigenvalue weighted by Crippen LogP contribution is 2.28. The maximum atomic E-state index is 12.7. The van der Waals surface area contributed by atoms with Gasteiger partial charge in [-0.1, -0.05) is 24.3 Å². The second-order valence-corrected chi connectivity index (χ2v) is 6.47. The second kappa shape index (κ2) is 8.08. The number of carbonyl (C=O) groups excluding carboxylic acids is 2. The van der Waals surface area contributed by atoms with Gasteiger partial charge in [-0.2, -0.15) is 0 Å². The van der Waals surface area contributed by atoms with Crippen LogP contribution in [0.1, 0.15) is 28.4 Å². The lowest BCUT2D eigenvalue weighted by Crippen LogP contribution is -2.42. The van der Waals surface area contributed by atoms with Crippen LogP contribution >= 0.6 is 0 Å². The van der Waals surface area contributed by atoms with E-state index in [0.29, 0.717) is 13.1 Å². The molecule has 146 valence electrons. The van der Waals surface area contributed by atoms with Crippen molar-refractivity contribution in [3.05, 3.63) is 69.3 Å². The number of hydrogen-bond acceptors (Lipinski definition) is 6. The normalized spacial score (nSPS) is 14.0. The molecule has 0 bridgehead atoms. The first-order valence-electron chi connectivity index (χ1n) is 8.79. The number of nitro groups is 1. The summed E-state index contributed by atoms with van der Waals surface area (Å²) in [7, 11) is 1.30. The first-order valence-corrected chi connectivity index (χ1v) is 8.79. The van der Waals surface area contributed by atoms with Gasteiger partial charge in [-0.3, -0.25) is 14.9 Å². The van der Waals surface area contributed by atoms with Crippen molar-refractivity contribution in [1.29, 1.82) is 0 Å². The molecule has 2 aromatic rings. The Morgan fingerprint density at radius 3 is 2.57 bits per heavy atom. The Bertz CT molecular complexity index is 927. The van der Waals surface area contributed by atoms with Crippen LogP contribution < -0.4 is 4.74 Å². The largest absolute Gasteiger partial charge is 0.490 e. The lowest BCUT2D eigenvalue weighted by molar-refractivity contribution is -0.385. The maximum absolute atomic E-state index is 12.7. The molecule has 3 rings (SSSR count). The Balaban J connectivity index is 1.68. The Hall–Kier alpha value is -3.42. The molecule has 0 radical (unpaired) electrons. The molecule has 0 saturated carbocycles. The highest BCUT2D eigenvalue weighted by atomic mass is 16.6. The molecule has 1 atom stereocenters. The first-order chi connectivity index (χ1) is 13.4. The zero-order valence-corrected chi connectivity index (χ0v) is 15.6. The van der Waals surface area contributed by atoms with Gasteiger partial charge in [-0.05, 0) is 36.6 Å². The van der Waals surface area contributed by atoms with E-state index < -0.39 is 17.0 Å². The fourth-order valence-corrected chi connectivity index (χ4v) is 3.18. The number of nitro benzene ring substituents is 1. The Morgan fingerprint density at radius 1 is 1.18 bits per heavy atom. The van der Waals surface area contributed by atoms with Crippen LogP contribution in [0, 0.1) is 10.1 Å². The molecule has 0 aromatic heterocycles. The third-order valence-corrected chi connectivity index (χ3v) is 4.69. The molecule has 0 saturated heterocycles. The number of benzene rings is 2. The number of rotatable bonds is 5. The number of nitrogens with zero attached hydrogens (tertiary/aromatic N) is 2. The van der Waals surface area contributed by atoms with E-state index >= 15 is 0 Å². The van der Waals surface area contributed by atoms with Gasteiger partial charge in [-0.15, -0.1) is 0 Å². The van der Waals surface area contributed by atoms with E-state index in [1.165, 1.54) is 31.7 Å². The van der Waals surface area contributed by atoms with Gasteiger partial charge in [0.1, 0.15) is 0 Å². The highest BCUT2D eigenvalue weighted by molar-refractivity contribution is 5.93. The Kier molecular flexibility index (Phi) is 5.58. The van der Waals surface area contributed by atoms with E-state index in [-0.39, 0.29) is 22.9 Å². The molecule has 8 nitrogen and oxygen atoms in total. The predicted molar refractivity (Wildman–Crippen MR) is 100 cm³/mol. The average molecular weight is 384 g/mol. The van der Waals surface area contributed by atoms with Crippen LogP contribution in [0.25, 0.3) is 0 Å². The summed E-state index contributed by atoms with van der Waals surface area (Å²) in [6.45, 7) is 2.51. The SMILES string of the molecule is COc1ccc(C(=O)O[C@H](C)C(=O)N2CCc3ccccc3C2)cc1[N+](=O)[O-]. The van der Waals surface area contributed by atoms with Gasteiger partial charge < -0.3 is 14.4 Å². The lowest BCUT2D eigenvalue weighted by Gasteiger charge is -2.30. The summed E-state index contributed by atoms with van der Waals surface area (Å²) in [5.74, 6) is -1.06. The smallest absolute Gasteiger partial charge is 0.339 e. The maximum Gasteiger partial charge on any atom is 0.339 e. The number of carbonyl (C=O) groups is 2. The van der Waals surface area contributed by atoms with Crippen molar-refractivity contribution in [3.63, 3.8) is 0 Å². The number of hydrogen-bond donors (Lipinski definition) is 0. The molecule has 0 N–H and O–H groups in total. The molecule has 8 heteroatoms. The van der Waals surface area contributed by atoms with Crippen molar-refractivity contribution < 1.29 is 24.0 Å². The van der Waals surface area contributed by atoms with Gasteiger partial charge in [0.15, 0.2) is 11.9 Å². The zero-order chi connectivity index (χ0) is 20.3.